The molecule has 3 heteroatoms. The highest BCUT2D eigenvalue weighted by Crippen LogP contribution is 2.64. The number of rotatable bonds is 5. The fraction of sp³-hybridized carbons (Fsp3) is 0.316. The highest BCUT2D eigenvalue weighted by Gasteiger charge is 2.62. The van der Waals surface area contributed by atoms with Gasteiger partial charge in [-0.2, -0.15) is 0 Å². The van der Waals surface area contributed by atoms with Gasteiger partial charge in [-0.25, -0.2) is 0 Å². The number of hydrogen-bond acceptors (Lipinski definition) is 2. The van der Waals surface area contributed by atoms with E-state index in [-0.39, 0.29) is 17.3 Å². The second-order valence-electron chi connectivity index (χ2n) is 6.46. The van der Waals surface area contributed by atoms with Gasteiger partial charge in [0.1, 0.15) is 12.4 Å². The number of carboxylic acid groups (broad SMARTS) is 1. The Labute approximate surface area is 130 Å². The van der Waals surface area contributed by atoms with Crippen molar-refractivity contribution in [3.8, 4) is 5.75 Å². The minimum atomic E-state index is -0.717. The van der Waals surface area contributed by atoms with E-state index in [1.54, 1.807) is 0 Å². The van der Waals surface area contributed by atoms with Gasteiger partial charge >= 0.3 is 5.97 Å². The lowest BCUT2D eigenvalue weighted by Crippen LogP contribution is -2.03. The lowest BCUT2D eigenvalue weighted by Gasteiger charge is -2.09. The van der Waals surface area contributed by atoms with Gasteiger partial charge in [0.15, 0.2) is 0 Å². The molecule has 22 heavy (non-hydrogen) atoms. The van der Waals surface area contributed by atoms with E-state index in [0.29, 0.717) is 6.61 Å². The van der Waals surface area contributed by atoms with Crippen LogP contribution >= 0.6 is 0 Å². The summed E-state index contributed by atoms with van der Waals surface area (Å²) in [5.74, 6) is -0.180. The van der Waals surface area contributed by atoms with Crippen molar-refractivity contribution in [2.24, 2.45) is 11.3 Å². The predicted molar refractivity (Wildman–Crippen MR) is 84.9 cm³/mol. The molecule has 0 amide bonds. The van der Waals surface area contributed by atoms with Gasteiger partial charge < -0.3 is 9.84 Å². The summed E-state index contributed by atoms with van der Waals surface area (Å²) in [7, 11) is 0. The van der Waals surface area contributed by atoms with E-state index in [0.717, 1.165) is 16.9 Å². The second kappa shape index (κ2) is 5.48. The number of carbonyl (C=O) groups is 1. The number of carboxylic acids is 1. The first-order valence-electron chi connectivity index (χ1n) is 7.49. The molecule has 3 rings (SSSR count). The summed E-state index contributed by atoms with van der Waals surface area (Å²) in [6.45, 7) is 4.53. The predicted octanol–water partition coefficient (Wildman–Crippen LogP) is 4.09. The first-order valence-corrected chi connectivity index (χ1v) is 7.49. The van der Waals surface area contributed by atoms with E-state index >= 15 is 0 Å². The van der Waals surface area contributed by atoms with Crippen molar-refractivity contribution in [3.05, 3.63) is 65.7 Å². The van der Waals surface area contributed by atoms with Crippen molar-refractivity contribution in [2.45, 2.75) is 26.4 Å². The van der Waals surface area contributed by atoms with Gasteiger partial charge in [0.2, 0.25) is 0 Å². The molecular formula is C19H20O3. The van der Waals surface area contributed by atoms with E-state index in [1.807, 2.05) is 68.4 Å². The van der Waals surface area contributed by atoms with Crippen LogP contribution in [0, 0.1) is 11.3 Å². The van der Waals surface area contributed by atoms with Crippen LogP contribution < -0.4 is 4.74 Å². The van der Waals surface area contributed by atoms with E-state index in [4.69, 9.17) is 4.74 Å². The van der Waals surface area contributed by atoms with Gasteiger partial charge in [-0.1, -0.05) is 56.3 Å². The molecule has 114 valence electrons. The van der Waals surface area contributed by atoms with Gasteiger partial charge in [0.25, 0.3) is 0 Å². The van der Waals surface area contributed by atoms with Gasteiger partial charge in [-0.3, -0.25) is 4.79 Å². The molecule has 0 saturated heterocycles. The molecule has 2 atom stereocenters. The molecule has 0 radical (unpaired) electrons. The van der Waals surface area contributed by atoms with E-state index in [1.165, 1.54) is 0 Å². The molecule has 2 unspecified atom stereocenters. The Hall–Kier alpha value is -2.29. The highest BCUT2D eigenvalue weighted by atomic mass is 16.5. The molecule has 1 saturated carbocycles. The lowest BCUT2D eigenvalue weighted by molar-refractivity contribution is -0.139. The van der Waals surface area contributed by atoms with Crippen molar-refractivity contribution in [3.63, 3.8) is 0 Å². The maximum absolute atomic E-state index is 11.3. The van der Waals surface area contributed by atoms with Crippen LogP contribution in [-0.4, -0.2) is 11.1 Å². The van der Waals surface area contributed by atoms with Crippen LogP contribution in [0.2, 0.25) is 0 Å². The summed E-state index contributed by atoms with van der Waals surface area (Å²) in [5, 5.41) is 9.31. The molecule has 1 aliphatic rings. The number of ether oxygens (including phenoxy) is 1. The van der Waals surface area contributed by atoms with Crippen LogP contribution in [0.5, 0.6) is 5.75 Å². The summed E-state index contributed by atoms with van der Waals surface area (Å²) in [6, 6.07) is 17.8. The monoisotopic (exact) mass is 296 g/mol. The average molecular weight is 296 g/mol. The number of aliphatic carboxylic acids is 1. The first-order chi connectivity index (χ1) is 10.5. The summed E-state index contributed by atoms with van der Waals surface area (Å²) in [6.07, 6.45) is 0. The van der Waals surface area contributed by atoms with E-state index < -0.39 is 5.97 Å². The second-order valence-corrected chi connectivity index (χ2v) is 6.46. The summed E-state index contributed by atoms with van der Waals surface area (Å²) < 4.78 is 5.83. The molecule has 1 aliphatic carbocycles. The van der Waals surface area contributed by atoms with Gasteiger partial charge in [-0.05, 0) is 28.7 Å². The van der Waals surface area contributed by atoms with E-state index in [9.17, 15) is 9.90 Å². The standard InChI is InChI=1S/C19H20O3/c1-19(2)16(17(19)18(20)21)14-9-6-10-15(11-14)22-12-13-7-4-3-5-8-13/h3-11,16-17H,12H2,1-2H3,(H,20,21). The minimum absolute atomic E-state index is 0.0604. The summed E-state index contributed by atoms with van der Waals surface area (Å²) in [4.78, 5) is 11.3. The Balaban J connectivity index is 1.73. The normalized spacial score (nSPS) is 22.1. The smallest absolute Gasteiger partial charge is 0.307 e. The SMILES string of the molecule is CC1(C)C(C(=O)O)C1c1cccc(OCc2ccccc2)c1. The molecule has 1 fully saturated rings. The quantitative estimate of drug-likeness (QED) is 0.904. The van der Waals surface area contributed by atoms with Crippen molar-refractivity contribution < 1.29 is 14.6 Å². The molecule has 0 aromatic heterocycles. The topological polar surface area (TPSA) is 46.5 Å². The third kappa shape index (κ3) is 2.71. The van der Waals surface area contributed by atoms with Crippen molar-refractivity contribution >= 4 is 5.97 Å². The third-order valence-electron chi connectivity index (χ3n) is 4.56. The molecule has 3 nitrogen and oxygen atoms in total. The molecule has 2 aromatic carbocycles. The zero-order chi connectivity index (χ0) is 15.7. The highest BCUT2D eigenvalue weighted by molar-refractivity contribution is 5.77. The van der Waals surface area contributed by atoms with Crippen LogP contribution in [0.1, 0.15) is 30.9 Å². The number of benzene rings is 2. The van der Waals surface area contributed by atoms with Crippen LogP contribution in [-0.2, 0) is 11.4 Å². The Morgan fingerprint density at radius 3 is 2.50 bits per heavy atom. The molecule has 2 aromatic rings. The maximum atomic E-state index is 11.3. The van der Waals surface area contributed by atoms with Crippen LogP contribution in [0.15, 0.2) is 54.6 Å². The molecular weight excluding hydrogens is 276 g/mol. The Morgan fingerprint density at radius 2 is 1.86 bits per heavy atom. The zero-order valence-electron chi connectivity index (χ0n) is 12.8. The van der Waals surface area contributed by atoms with E-state index in [2.05, 4.69) is 0 Å². The molecule has 1 N–H and O–H groups in total. The Bertz CT molecular complexity index is 676. The van der Waals surface area contributed by atoms with Gasteiger partial charge in [0, 0.05) is 5.92 Å². The molecule has 0 spiro atoms. The maximum Gasteiger partial charge on any atom is 0.307 e. The minimum Gasteiger partial charge on any atom is -0.489 e. The van der Waals surface area contributed by atoms with Crippen molar-refractivity contribution in [1.29, 1.82) is 0 Å². The Kier molecular flexibility index (Phi) is 3.65. The van der Waals surface area contributed by atoms with Crippen molar-refractivity contribution in [2.75, 3.05) is 0 Å². The zero-order valence-corrected chi connectivity index (χ0v) is 12.8. The van der Waals surface area contributed by atoms with Crippen LogP contribution in [0.4, 0.5) is 0 Å². The van der Waals surface area contributed by atoms with Crippen LogP contribution in [0.25, 0.3) is 0 Å². The largest absolute Gasteiger partial charge is 0.489 e. The molecule has 0 aliphatic heterocycles. The molecule has 0 bridgehead atoms. The summed E-state index contributed by atoms with van der Waals surface area (Å²) in [5.41, 5.74) is 1.97. The number of hydrogen-bond donors (Lipinski definition) is 1. The van der Waals surface area contributed by atoms with Gasteiger partial charge in [-0.15, -0.1) is 0 Å². The van der Waals surface area contributed by atoms with Crippen molar-refractivity contribution in [1.82, 2.24) is 0 Å². The average Bonchev–Trinajstić information content (AvgIpc) is 3.09. The summed E-state index contributed by atoms with van der Waals surface area (Å²) >= 11 is 0. The fourth-order valence-electron chi connectivity index (χ4n) is 3.26. The molecule has 0 heterocycles. The lowest BCUT2D eigenvalue weighted by atomic mass is 10.0. The fourth-order valence-corrected chi connectivity index (χ4v) is 3.26. The van der Waals surface area contributed by atoms with Gasteiger partial charge in [0.05, 0.1) is 5.92 Å². The third-order valence-corrected chi connectivity index (χ3v) is 4.56. The first kappa shape index (κ1) is 14.6. The van der Waals surface area contributed by atoms with Crippen LogP contribution in [0.3, 0.4) is 0 Å². The Morgan fingerprint density at radius 1 is 1.14 bits per heavy atom.